The van der Waals surface area contributed by atoms with Gasteiger partial charge in [-0.1, -0.05) is 20.8 Å². The molecule has 0 heterocycles. The minimum absolute atomic E-state index is 0.221. The number of ketones is 1. The van der Waals surface area contributed by atoms with Crippen molar-refractivity contribution in [3.63, 3.8) is 0 Å². The molecule has 1 aromatic rings. The van der Waals surface area contributed by atoms with Crippen molar-refractivity contribution in [1.82, 2.24) is 4.72 Å². The van der Waals surface area contributed by atoms with Crippen LogP contribution in [0.3, 0.4) is 0 Å². The van der Waals surface area contributed by atoms with Crippen molar-refractivity contribution in [2.24, 2.45) is 5.41 Å². The Kier molecular flexibility index (Phi) is 4.95. The Balaban J connectivity index is 3.48. The third-order valence-electron chi connectivity index (χ3n) is 2.89. The molecule has 21 heavy (non-hydrogen) atoms. The molecule has 1 aromatic carbocycles. The molecule has 4 nitrogen and oxygen atoms in total. The van der Waals surface area contributed by atoms with Crippen LogP contribution in [0.15, 0.2) is 17.0 Å². The Hall–Kier alpha value is -1.27. The van der Waals surface area contributed by atoms with Crippen LogP contribution in [-0.2, 0) is 10.0 Å². The van der Waals surface area contributed by atoms with Gasteiger partial charge in [0.2, 0.25) is 10.0 Å². The van der Waals surface area contributed by atoms with E-state index >= 15 is 0 Å². The van der Waals surface area contributed by atoms with Crippen molar-refractivity contribution in [2.45, 2.75) is 52.5 Å². The van der Waals surface area contributed by atoms with Crippen LogP contribution in [0.1, 0.15) is 50.5 Å². The fourth-order valence-electron chi connectivity index (χ4n) is 1.88. The van der Waals surface area contributed by atoms with Crippen LogP contribution in [0.2, 0.25) is 0 Å². The molecule has 118 valence electrons. The summed E-state index contributed by atoms with van der Waals surface area (Å²) in [6.45, 7) is 10.1. The van der Waals surface area contributed by atoms with Crippen molar-refractivity contribution < 1.29 is 17.6 Å². The Morgan fingerprint density at radius 2 is 1.76 bits per heavy atom. The second-order valence-electron chi connectivity index (χ2n) is 6.45. The zero-order chi connectivity index (χ0) is 16.6. The smallest absolute Gasteiger partial charge is 0.243 e. The summed E-state index contributed by atoms with van der Waals surface area (Å²) < 4.78 is 40.6. The quantitative estimate of drug-likeness (QED) is 0.869. The van der Waals surface area contributed by atoms with Gasteiger partial charge in [0, 0.05) is 17.0 Å². The van der Waals surface area contributed by atoms with Gasteiger partial charge in [0.15, 0.2) is 5.78 Å². The molecule has 0 saturated heterocycles. The standard InChI is InChI=1S/C15H22FNO3S/c1-9(2)17-21(19,20)13-8-11(10(3)7-12(13)16)14(18)15(4,5)6/h7-9,17H,1-6H3. The van der Waals surface area contributed by atoms with Crippen molar-refractivity contribution in [3.05, 3.63) is 29.1 Å². The summed E-state index contributed by atoms with van der Waals surface area (Å²) in [5.41, 5.74) is -0.0151. The maximum absolute atomic E-state index is 14.0. The van der Waals surface area contributed by atoms with Gasteiger partial charge in [0.25, 0.3) is 0 Å². The molecule has 0 aliphatic rings. The topological polar surface area (TPSA) is 63.2 Å². The molecule has 0 aliphatic heterocycles. The number of rotatable bonds is 4. The SMILES string of the molecule is Cc1cc(F)c(S(=O)(=O)NC(C)C)cc1C(=O)C(C)(C)C. The highest BCUT2D eigenvalue weighted by Crippen LogP contribution is 2.27. The zero-order valence-electron chi connectivity index (χ0n) is 13.2. The highest BCUT2D eigenvalue weighted by Gasteiger charge is 2.28. The minimum atomic E-state index is -3.99. The molecule has 0 aromatic heterocycles. The van der Waals surface area contributed by atoms with Crippen LogP contribution < -0.4 is 4.72 Å². The van der Waals surface area contributed by atoms with E-state index in [1.54, 1.807) is 41.5 Å². The van der Waals surface area contributed by atoms with Crippen LogP contribution in [0.4, 0.5) is 4.39 Å². The lowest BCUT2D eigenvalue weighted by Crippen LogP contribution is -2.31. The van der Waals surface area contributed by atoms with Gasteiger partial charge < -0.3 is 0 Å². The summed E-state index contributed by atoms with van der Waals surface area (Å²) in [7, 11) is -3.99. The first-order chi connectivity index (χ1) is 9.36. The predicted octanol–water partition coefficient (Wildman–Crippen LogP) is 3.05. The molecular weight excluding hydrogens is 293 g/mol. The van der Waals surface area contributed by atoms with Gasteiger partial charge in [-0.2, -0.15) is 0 Å². The summed E-state index contributed by atoms with van der Waals surface area (Å²) in [5.74, 6) is -1.08. The van der Waals surface area contributed by atoms with Crippen LogP contribution in [0.25, 0.3) is 0 Å². The molecule has 1 N–H and O–H groups in total. The minimum Gasteiger partial charge on any atom is -0.294 e. The van der Waals surface area contributed by atoms with Crippen LogP contribution in [-0.4, -0.2) is 20.2 Å². The van der Waals surface area contributed by atoms with Crippen molar-refractivity contribution in [1.29, 1.82) is 0 Å². The van der Waals surface area contributed by atoms with E-state index in [0.717, 1.165) is 12.1 Å². The van der Waals surface area contributed by atoms with Gasteiger partial charge in [-0.25, -0.2) is 17.5 Å². The third-order valence-corrected chi connectivity index (χ3v) is 4.56. The summed E-state index contributed by atoms with van der Waals surface area (Å²) in [6.07, 6.45) is 0. The van der Waals surface area contributed by atoms with E-state index in [1.807, 2.05) is 0 Å². The fourth-order valence-corrected chi connectivity index (χ4v) is 3.22. The summed E-state index contributed by atoms with van der Waals surface area (Å²) in [4.78, 5) is 11.9. The number of hydrogen-bond acceptors (Lipinski definition) is 3. The first-order valence-corrected chi connectivity index (χ1v) is 8.22. The van der Waals surface area contributed by atoms with E-state index in [-0.39, 0.29) is 17.4 Å². The Bertz CT molecular complexity index is 658. The van der Waals surface area contributed by atoms with Crippen LogP contribution >= 0.6 is 0 Å². The fraction of sp³-hybridized carbons (Fsp3) is 0.533. The monoisotopic (exact) mass is 315 g/mol. The van der Waals surface area contributed by atoms with Crippen molar-refractivity contribution >= 4 is 15.8 Å². The highest BCUT2D eigenvalue weighted by molar-refractivity contribution is 7.89. The number of aryl methyl sites for hydroxylation is 1. The normalized spacial score (nSPS) is 12.8. The van der Waals surface area contributed by atoms with Gasteiger partial charge in [-0.05, 0) is 38.5 Å². The van der Waals surface area contributed by atoms with Gasteiger partial charge >= 0.3 is 0 Å². The Labute approximate surface area is 125 Å². The number of sulfonamides is 1. The second-order valence-corrected chi connectivity index (χ2v) is 8.14. The number of Topliss-reactive ketones (excluding diaryl/α,β-unsaturated/α-hetero) is 1. The number of carbonyl (C=O) groups excluding carboxylic acids is 1. The molecule has 0 saturated carbocycles. The van der Waals surface area contributed by atoms with E-state index in [9.17, 15) is 17.6 Å². The highest BCUT2D eigenvalue weighted by atomic mass is 32.2. The number of hydrogen-bond donors (Lipinski definition) is 1. The van der Waals surface area contributed by atoms with E-state index in [0.29, 0.717) is 5.56 Å². The molecular formula is C15H22FNO3S. The molecule has 0 aliphatic carbocycles. The first-order valence-electron chi connectivity index (χ1n) is 6.73. The van der Waals surface area contributed by atoms with Gasteiger partial charge in [0.1, 0.15) is 10.7 Å². The maximum Gasteiger partial charge on any atom is 0.243 e. The van der Waals surface area contributed by atoms with E-state index < -0.39 is 26.2 Å². The lowest BCUT2D eigenvalue weighted by molar-refractivity contribution is 0.0857. The number of benzene rings is 1. The number of nitrogens with one attached hydrogen (secondary N) is 1. The Morgan fingerprint density at radius 1 is 1.24 bits per heavy atom. The molecule has 0 spiro atoms. The molecule has 0 bridgehead atoms. The molecule has 1 rings (SSSR count). The average Bonchev–Trinajstić information content (AvgIpc) is 2.24. The summed E-state index contributed by atoms with van der Waals surface area (Å²) in [5, 5.41) is 0. The first kappa shape index (κ1) is 17.8. The number of halogens is 1. The molecule has 0 radical (unpaired) electrons. The van der Waals surface area contributed by atoms with E-state index in [2.05, 4.69) is 4.72 Å². The third kappa shape index (κ3) is 4.11. The van der Waals surface area contributed by atoms with Crippen LogP contribution in [0.5, 0.6) is 0 Å². The maximum atomic E-state index is 14.0. The van der Waals surface area contributed by atoms with Gasteiger partial charge in [0.05, 0.1) is 0 Å². The molecule has 6 heteroatoms. The second kappa shape index (κ2) is 5.85. The van der Waals surface area contributed by atoms with E-state index in [4.69, 9.17) is 0 Å². The number of carbonyl (C=O) groups is 1. The average molecular weight is 315 g/mol. The Morgan fingerprint density at radius 3 is 2.19 bits per heavy atom. The molecule has 0 atom stereocenters. The van der Waals surface area contributed by atoms with Crippen LogP contribution in [0, 0.1) is 18.2 Å². The largest absolute Gasteiger partial charge is 0.294 e. The molecule has 0 unspecified atom stereocenters. The summed E-state index contributed by atoms with van der Waals surface area (Å²) in [6, 6.07) is 1.86. The summed E-state index contributed by atoms with van der Waals surface area (Å²) >= 11 is 0. The lowest BCUT2D eigenvalue weighted by atomic mass is 9.85. The van der Waals surface area contributed by atoms with Gasteiger partial charge in [-0.3, -0.25) is 4.79 Å². The van der Waals surface area contributed by atoms with Gasteiger partial charge in [-0.15, -0.1) is 0 Å². The van der Waals surface area contributed by atoms with Crippen molar-refractivity contribution in [2.75, 3.05) is 0 Å². The van der Waals surface area contributed by atoms with E-state index in [1.165, 1.54) is 0 Å². The molecule has 0 fully saturated rings. The molecule has 0 amide bonds. The zero-order valence-corrected chi connectivity index (χ0v) is 14.1. The predicted molar refractivity (Wildman–Crippen MR) is 80.4 cm³/mol. The van der Waals surface area contributed by atoms with Crippen molar-refractivity contribution in [3.8, 4) is 0 Å². The lowest BCUT2D eigenvalue weighted by Gasteiger charge is -2.19.